The summed E-state index contributed by atoms with van der Waals surface area (Å²) >= 11 is 0. The molecular formula is C31H46N4O6. The van der Waals surface area contributed by atoms with Crippen LogP contribution in [0.1, 0.15) is 55.3 Å². The molecule has 2 aliphatic rings. The van der Waals surface area contributed by atoms with Crippen molar-refractivity contribution in [1.82, 2.24) is 19.3 Å². The zero-order valence-electron chi connectivity index (χ0n) is 24.9. The number of unbranched alkanes of at least 4 members (excludes halogenated alkanes) is 1. The summed E-state index contributed by atoms with van der Waals surface area (Å²) in [5.41, 5.74) is 2.50. The molecule has 2 aromatic rings. The van der Waals surface area contributed by atoms with Crippen molar-refractivity contribution >= 4 is 11.9 Å². The smallest absolute Gasteiger partial charge is 0.308 e. The number of aryl methyl sites for hydroxylation is 2. The number of benzene rings is 1. The average molecular weight is 571 g/mol. The van der Waals surface area contributed by atoms with E-state index in [1.54, 1.807) is 0 Å². The number of hydrogen-bond acceptors (Lipinski definition) is 7. The standard InChI is InChI=1S/C31H46N4O6/c1-5-6-14-34(15-8-12-32(2)3)28(37)19-35-18-25(22-16-23(20-36)30-27(17-22)40-21-41-30)29(31(38)39)26(35)11-10-24-9-7-13-33(24)4/h7,9,13,16-17,25-26,29,36H,5-6,8,10-12,14-15,18-21H2,1-4H3,(H,38,39)/t25-,26+,29-/m1/s1. The number of amides is 1. The van der Waals surface area contributed by atoms with Gasteiger partial charge in [-0.3, -0.25) is 14.5 Å². The van der Waals surface area contributed by atoms with E-state index >= 15 is 0 Å². The molecule has 0 spiro atoms. The molecule has 0 bridgehead atoms. The maximum atomic E-state index is 13.7. The summed E-state index contributed by atoms with van der Waals surface area (Å²) in [4.78, 5) is 32.8. The van der Waals surface area contributed by atoms with E-state index < -0.39 is 11.9 Å². The fourth-order valence-electron chi connectivity index (χ4n) is 6.24. The van der Waals surface area contributed by atoms with Gasteiger partial charge in [-0.2, -0.15) is 0 Å². The van der Waals surface area contributed by atoms with Crippen molar-refractivity contribution in [2.24, 2.45) is 13.0 Å². The van der Waals surface area contributed by atoms with Crippen LogP contribution in [-0.2, 0) is 29.7 Å². The Labute approximate surface area is 243 Å². The molecule has 10 nitrogen and oxygen atoms in total. The fourth-order valence-corrected chi connectivity index (χ4v) is 6.24. The van der Waals surface area contributed by atoms with E-state index in [1.807, 2.05) is 50.4 Å². The summed E-state index contributed by atoms with van der Waals surface area (Å²) in [7, 11) is 6.06. The molecule has 2 N–H and O–H groups in total. The Bertz CT molecular complexity index is 1180. The normalized spacial score (nSPS) is 20.2. The number of ether oxygens (including phenoxy) is 2. The van der Waals surface area contributed by atoms with Crippen molar-refractivity contribution in [2.75, 3.05) is 53.6 Å². The van der Waals surface area contributed by atoms with Gasteiger partial charge in [0.1, 0.15) is 0 Å². The molecule has 0 unspecified atom stereocenters. The minimum Gasteiger partial charge on any atom is -0.481 e. The second-order valence-corrected chi connectivity index (χ2v) is 11.6. The van der Waals surface area contributed by atoms with Gasteiger partial charge in [0.15, 0.2) is 11.5 Å². The molecule has 3 heterocycles. The highest BCUT2D eigenvalue weighted by Gasteiger charge is 2.47. The maximum Gasteiger partial charge on any atom is 0.308 e. The summed E-state index contributed by atoms with van der Waals surface area (Å²) < 4.78 is 13.2. The SMILES string of the molecule is CCCCN(CCCN(C)C)C(=O)CN1C[C@H](c2cc(CO)c3c(c2)OCO3)[C@@H](C(=O)O)[C@@H]1CCc1cccn1C. The molecule has 1 aromatic carbocycles. The van der Waals surface area contributed by atoms with Gasteiger partial charge < -0.3 is 34.1 Å². The molecule has 41 heavy (non-hydrogen) atoms. The molecule has 1 aromatic heterocycles. The van der Waals surface area contributed by atoms with Crippen LogP contribution in [0.25, 0.3) is 0 Å². The van der Waals surface area contributed by atoms with Crippen molar-refractivity contribution < 1.29 is 29.3 Å². The second-order valence-electron chi connectivity index (χ2n) is 11.6. The molecule has 2 aliphatic heterocycles. The number of nitrogens with zero attached hydrogens (tertiary/aromatic N) is 4. The first-order valence-electron chi connectivity index (χ1n) is 14.8. The predicted molar refractivity (Wildman–Crippen MR) is 156 cm³/mol. The summed E-state index contributed by atoms with van der Waals surface area (Å²) in [6.07, 6.45) is 6.14. The molecule has 1 fully saturated rings. The van der Waals surface area contributed by atoms with Crippen molar-refractivity contribution in [3.63, 3.8) is 0 Å². The molecule has 10 heteroatoms. The van der Waals surface area contributed by atoms with Gasteiger partial charge in [-0.25, -0.2) is 0 Å². The van der Waals surface area contributed by atoms with Gasteiger partial charge in [-0.05, 0) is 76.2 Å². The van der Waals surface area contributed by atoms with E-state index in [0.29, 0.717) is 49.5 Å². The van der Waals surface area contributed by atoms with Crippen LogP contribution < -0.4 is 9.47 Å². The van der Waals surface area contributed by atoms with Crippen LogP contribution in [0.5, 0.6) is 11.5 Å². The second kappa shape index (κ2) is 14.2. The highest BCUT2D eigenvalue weighted by molar-refractivity contribution is 5.79. The Morgan fingerprint density at radius 1 is 1.12 bits per heavy atom. The first-order valence-corrected chi connectivity index (χ1v) is 14.8. The number of hydrogen-bond donors (Lipinski definition) is 2. The predicted octanol–water partition coefficient (Wildman–Crippen LogP) is 2.93. The number of aliphatic hydroxyl groups is 1. The van der Waals surface area contributed by atoms with Gasteiger partial charge in [0, 0.05) is 56.1 Å². The van der Waals surface area contributed by atoms with Crippen molar-refractivity contribution in [3.8, 4) is 11.5 Å². The van der Waals surface area contributed by atoms with E-state index in [4.69, 9.17) is 9.47 Å². The fraction of sp³-hybridized carbons (Fsp3) is 0.613. The summed E-state index contributed by atoms with van der Waals surface area (Å²) in [6, 6.07) is 7.40. The topological polar surface area (TPSA) is 108 Å². The lowest BCUT2D eigenvalue weighted by Crippen LogP contribution is -2.45. The highest BCUT2D eigenvalue weighted by Crippen LogP contribution is 2.44. The zero-order chi connectivity index (χ0) is 29.5. The molecule has 0 radical (unpaired) electrons. The number of carbonyl (C=O) groups excluding carboxylic acids is 1. The lowest BCUT2D eigenvalue weighted by atomic mass is 9.83. The van der Waals surface area contributed by atoms with Gasteiger partial charge in [0.2, 0.25) is 12.7 Å². The Hall–Kier alpha value is -3.08. The van der Waals surface area contributed by atoms with E-state index in [9.17, 15) is 19.8 Å². The van der Waals surface area contributed by atoms with E-state index in [1.165, 1.54) is 0 Å². The van der Waals surface area contributed by atoms with Crippen LogP contribution in [0.3, 0.4) is 0 Å². The number of aromatic nitrogens is 1. The van der Waals surface area contributed by atoms with Crippen molar-refractivity contribution in [3.05, 3.63) is 47.3 Å². The summed E-state index contributed by atoms with van der Waals surface area (Å²) in [6.45, 7) is 4.87. The molecule has 3 atom stereocenters. The van der Waals surface area contributed by atoms with Crippen LogP contribution >= 0.6 is 0 Å². The van der Waals surface area contributed by atoms with Crippen LogP contribution in [0.4, 0.5) is 0 Å². The molecule has 1 amide bonds. The quantitative estimate of drug-likeness (QED) is 0.337. The van der Waals surface area contributed by atoms with E-state index in [-0.39, 0.29) is 37.8 Å². The van der Waals surface area contributed by atoms with Crippen LogP contribution in [0.2, 0.25) is 0 Å². The average Bonchev–Trinajstić information content (AvgIpc) is 3.67. The molecule has 226 valence electrons. The zero-order valence-corrected chi connectivity index (χ0v) is 24.9. The Morgan fingerprint density at radius 3 is 2.56 bits per heavy atom. The Morgan fingerprint density at radius 2 is 1.90 bits per heavy atom. The summed E-state index contributed by atoms with van der Waals surface area (Å²) in [5, 5.41) is 20.6. The van der Waals surface area contributed by atoms with Gasteiger partial charge in [0.25, 0.3) is 0 Å². The number of carboxylic acid groups (broad SMARTS) is 1. The third kappa shape index (κ3) is 7.42. The van der Waals surface area contributed by atoms with Gasteiger partial charge >= 0.3 is 5.97 Å². The van der Waals surface area contributed by atoms with Crippen LogP contribution in [0, 0.1) is 5.92 Å². The van der Waals surface area contributed by atoms with Gasteiger partial charge in [-0.15, -0.1) is 0 Å². The largest absolute Gasteiger partial charge is 0.481 e. The number of carbonyl (C=O) groups is 2. The van der Waals surface area contributed by atoms with Gasteiger partial charge in [-0.1, -0.05) is 13.3 Å². The Balaban J connectivity index is 1.62. The van der Waals surface area contributed by atoms with Crippen molar-refractivity contribution in [1.29, 1.82) is 0 Å². The first kappa shape index (κ1) is 30.9. The minimum atomic E-state index is -0.876. The number of carboxylic acids is 1. The number of rotatable bonds is 15. The maximum absolute atomic E-state index is 13.7. The third-order valence-electron chi connectivity index (χ3n) is 8.46. The monoisotopic (exact) mass is 570 g/mol. The molecule has 0 aliphatic carbocycles. The number of aliphatic carboxylic acids is 1. The van der Waals surface area contributed by atoms with Crippen LogP contribution in [-0.4, -0.2) is 101 Å². The summed E-state index contributed by atoms with van der Waals surface area (Å²) in [5.74, 6) is -0.870. The lowest BCUT2D eigenvalue weighted by molar-refractivity contribution is -0.143. The number of aliphatic hydroxyl groups excluding tert-OH is 1. The van der Waals surface area contributed by atoms with E-state index in [0.717, 1.165) is 37.1 Å². The van der Waals surface area contributed by atoms with Crippen molar-refractivity contribution in [2.45, 2.75) is 57.6 Å². The molecule has 4 rings (SSSR count). The number of fused-ring (bicyclic) bond motifs is 1. The van der Waals surface area contributed by atoms with E-state index in [2.05, 4.69) is 27.4 Å². The highest BCUT2D eigenvalue weighted by atomic mass is 16.7. The molecular weight excluding hydrogens is 524 g/mol. The third-order valence-corrected chi connectivity index (χ3v) is 8.46. The van der Waals surface area contributed by atoms with Crippen LogP contribution in [0.15, 0.2) is 30.5 Å². The lowest BCUT2D eigenvalue weighted by Gasteiger charge is -2.30. The molecule has 0 saturated carbocycles. The molecule has 1 saturated heterocycles. The Kier molecular flexibility index (Phi) is 10.7. The number of likely N-dealkylation sites (tertiary alicyclic amines) is 1. The minimum absolute atomic E-state index is 0.0487. The first-order chi connectivity index (χ1) is 19.7. The van der Waals surface area contributed by atoms with Gasteiger partial charge in [0.05, 0.1) is 19.1 Å².